The number of carbonyl (C=O) groups excluding carboxylic acids is 3. The van der Waals surface area contributed by atoms with Crippen LogP contribution in [0.4, 0.5) is 0 Å². The third kappa shape index (κ3) is 8.44. The maximum Gasteiger partial charge on any atom is 0.258 e. The van der Waals surface area contributed by atoms with Gasteiger partial charge in [0.05, 0.1) is 11.7 Å². The second-order valence-electron chi connectivity index (χ2n) is 12.5. The smallest absolute Gasteiger partial charge is 0.258 e. The third-order valence-electron chi connectivity index (χ3n) is 8.07. The number of nitrogens with one attached hydrogen (secondary N) is 6. The molecule has 0 aliphatic carbocycles. The van der Waals surface area contributed by atoms with Crippen LogP contribution in [-0.4, -0.2) is 65.7 Å². The number of carbonyl (C=O) groups is 3. The summed E-state index contributed by atoms with van der Waals surface area (Å²) in [5, 5.41) is 43.3. The highest BCUT2D eigenvalue weighted by Gasteiger charge is 2.21. The molecule has 0 aliphatic rings. The average Bonchev–Trinajstić information content (AvgIpc) is 4.00. The zero-order valence-corrected chi connectivity index (χ0v) is 30.3. The van der Waals surface area contributed by atoms with E-state index in [4.69, 9.17) is 29.8 Å². The molecule has 3 amide bonds. The molecule has 18 heteroatoms. The number of amides is 3. The first-order valence-corrected chi connectivity index (χ1v) is 17.0. The Labute approximate surface area is 322 Å². The van der Waals surface area contributed by atoms with Crippen LogP contribution in [0.2, 0.25) is 0 Å². The van der Waals surface area contributed by atoms with Crippen molar-refractivity contribution in [3.63, 3.8) is 0 Å². The van der Waals surface area contributed by atoms with E-state index < -0.39 is 17.7 Å². The molecule has 282 valence electrons. The summed E-state index contributed by atoms with van der Waals surface area (Å²) in [4.78, 5) is 52.2. The van der Waals surface area contributed by atoms with Crippen LogP contribution >= 0.6 is 0 Å². The number of aromatic nitrogens is 6. The molecule has 7 rings (SSSR count). The molecule has 0 unspecified atom stereocenters. The molecule has 0 spiro atoms. The number of amidine groups is 3. The molecule has 0 atom stereocenters. The van der Waals surface area contributed by atoms with Gasteiger partial charge in [-0.3, -0.25) is 30.6 Å². The van der Waals surface area contributed by atoms with Crippen LogP contribution in [0.1, 0.15) is 56.3 Å². The van der Waals surface area contributed by atoms with E-state index in [1.165, 1.54) is 38.1 Å². The molecule has 0 saturated heterocycles. The lowest BCUT2D eigenvalue weighted by Crippen LogP contribution is -2.31. The van der Waals surface area contributed by atoms with E-state index in [1.54, 1.807) is 73.7 Å². The van der Waals surface area contributed by atoms with Gasteiger partial charge < -0.3 is 29.5 Å². The number of hydrogen-bond acceptors (Lipinski definition) is 15. The van der Waals surface area contributed by atoms with Gasteiger partial charge in [-0.1, -0.05) is 51.9 Å². The Morgan fingerprint density at radius 3 is 1.51 bits per heavy atom. The predicted molar refractivity (Wildman–Crippen MR) is 204 cm³/mol. The van der Waals surface area contributed by atoms with Crippen LogP contribution in [0.25, 0.3) is 57.1 Å². The minimum atomic E-state index is -0.699. The topological polar surface area (TPSA) is 276 Å². The lowest BCUT2D eigenvalue weighted by atomic mass is 10.0. The van der Waals surface area contributed by atoms with Crippen molar-refractivity contribution in [2.45, 2.75) is 20.8 Å². The molecule has 0 aliphatic heterocycles. The Hall–Kier alpha value is -8.28. The molecule has 3 aromatic heterocycles. The van der Waals surface area contributed by atoms with Gasteiger partial charge in [0.15, 0.2) is 5.82 Å². The van der Waals surface area contributed by atoms with E-state index in [1.807, 2.05) is 0 Å². The minimum Gasteiger partial charge on any atom is -0.334 e. The predicted octanol–water partition coefficient (Wildman–Crippen LogP) is 5.69. The molecule has 57 heavy (non-hydrogen) atoms. The highest BCUT2D eigenvalue weighted by Crippen LogP contribution is 2.31. The fourth-order valence-corrected chi connectivity index (χ4v) is 5.49. The summed E-state index contributed by atoms with van der Waals surface area (Å²) in [6.07, 6.45) is 0. The van der Waals surface area contributed by atoms with Crippen molar-refractivity contribution in [1.82, 2.24) is 46.4 Å². The second kappa shape index (κ2) is 15.6. The SMILES string of the molecule is CC(=N)NC(=O)c1cccc(C(=N)NC(=O)c2cc(-c3nc(-c4cccc(C(=O)NC(C)=N)c4)no3)cc(-c3nc(-c4cccc(-c5nc(C)no5)c4)no3)c2)c1. The molecular weight excluding hydrogens is 733 g/mol. The van der Waals surface area contributed by atoms with Gasteiger partial charge in [0.2, 0.25) is 11.6 Å². The van der Waals surface area contributed by atoms with Gasteiger partial charge in [-0.15, -0.1) is 0 Å². The van der Waals surface area contributed by atoms with E-state index in [-0.39, 0.29) is 68.8 Å². The average molecular weight is 763 g/mol. The Bertz CT molecular complexity index is 2750. The van der Waals surface area contributed by atoms with E-state index in [2.05, 4.69) is 46.4 Å². The van der Waals surface area contributed by atoms with Crippen LogP contribution in [-0.2, 0) is 0 Å². The van der Waals surface area contributed by atoms with Crippen molar-refractivity contribution in [2.75, 3.05) is 0 Å². The summed E-state index contributed by atoms with van der Waals surface area (Å²) in [5.41, 5.74) is 3.01. The zero-order valence-electron chi connectivity index (χ0n) is 30.3. The number of hydrogen-bond donors (Lipinski definition) is 6. The van der Waals surface area contributed by atoms with E-state index in [0.717, 1.165) is 0 Å². The summed E-state index contributed by atoms with van der Waals surface area (Å²) in [6, 6.07) is 24.2. The summed E-state index contributed by atoms with van der Waals surface area (Å²) in [7, 11) is 0. The van der Waals surface area contributed by atoms with Crippen LogP contribution in [0.5, 0.6) is 0 Å². The van der Waals surface area contributed by atoms with E-state index in [0.29, 0.717) is 34.0 Å². The highest BCUT2D eigenvalue weighted by atomic mass is 16.5. The van der Waals surface area contributed by atoms with Gasteiger partial charge in [0.1, 0.15) is 5.84 Å². The monoisotopic (exact) mass is 762 g/mol. The largest absolute Gasteiger partial charge is 0.334 e. The quantitative estimate of drug-likeness (QED) is 0.0765. The lowest BCUT2D eigenvalue weighted by molar-refractivity contribution is 0.0968. The normalized spacial score (nSPS) is 10.8. The van der Waals surface area contributed by atoms with Gasteiger partial charge in [0.25, 0.3) is 35.4 Å². The first kappa shape index (κ1) is 37.1. The Kier molecular flexibility index (Phi) is 10.1. The number of benzene rings is 4. The highest BCUT2D eigenvalue weighted by molar-refractivity contribution is 6.13. The number of nitrogens with zero attached hydrogens (tertiary/aromatic N) is 6. The van der Waals surface area contributed by atoms with Gasteiger partial charge in [-0.05, 0) is 75.4 Å². The van der Waals surface area contributed by atoms with Crippen LogP contribution in [0.15, 0.2) is 105 Å². The Balaban J connectivity index is 1.23. The first-order valence-electron chi connectivity index (χ1n) is 17.0. The third-order valence-corrected chi connectivity index (χ3v) is 8.07. The van der Waals surface area contributed by atoms with Gasteiger partial charge >= 0.3 is 0 Å². The molecule has 18 nitrogen and oxygen atoms in total. The molecular formula is C39H30N12O6. The zero-order chi connectivity index (χ0) is 40.2. The molecule has 0 bridgehead atoms. The van der Waals surface area contributed by atoms with Gasteiger partial charge in [-0.25, -0.2) is 0 Å². The van der Waals surface area contributed by atoms with E-state index >= 15 is 0 Å². The van der Waals surface area contributed by atoms with Gasteiger partial charge in [-0.2, -0.15) is 15.0 Å². The Morgan fingerprint density at radius 2 is 0.930 bits per heavy atom. The first-order chi connectivity index (χ1) is 27.4. The van der Waals surface area contributed by atoms with Crippen LogP contribution in [0, 0.1) is 23.2 Å². The standard InChI is InChI=1S/C39H30N12O6/c1-19(40)43-34(52)25-10-4-7-22(13-25)31(42)46-36(54)28-16-29(38-47-32(50-56-38)23-8-5-11-26(14-23)35(53)44-20(2)41)18-30(17-28)39-48-33(51-57-39)24-9-6-12-27(15-24)37-45-21(3)49-55-37/h4-18H,1-3H3,(H2,40,43,52)(H2,41,44,53)(H2,42,46,54). The maximum absolute atomic E-state index is 13.8. The van der Waals surface area contributed by atoms with Crippen molar-refractivity contribution in [2.24, 2.45) is 0 Å². The number of aryl methyl sites for hydroxylation is 1. The number of rotatable bonds is 9. The molecule has 0 saturated carbocycles. The van der Waals surface area contributed by atoms with Crippen LogP contribution in [0.3, 0.4) is 0 Å². The van der Waals surface area contributed by atoms with Crippen molar-refractivity contribution in [3.05, 3.63) is 119 Å². The van der Waals surface area contributed by atoms with Crippen molar-refractivity contribution in [1.29, 1.82) is 16.2 Å². The molecule has 0 radical (unpaired) electrons. The molecule has 4 aromatic carbocycles. The fourth-order valence-electron chi connectivity index (χ4n) is 5.49. The molecule has 6 N–H and O–H groups in total. The maximum atomic E-state index is 13.8. The molecule has 0 fully saturated rings. The Morgan fingerprint density at radius 1 is 0.491 bits per heavy atom. The summed E-state index contributed by atoms with van der Waals surface area (Å²) in [6.45, 7) is 4.58. The minimum absolute atomic E-state index is 0.00339. The van der Waals surface area contributed by atoms with E-state index in [9.17, 15) is 14.4 Å². The molecule has 7 aromatic rings. The second-order valence-corrected chi connectivity index (χ2v) is 12.5. The summed E-state index contributed by atoms with van der Waals surface area (Å²) in [5.74, 6) is -0.870. The van der Waals surface area contributed by atoms with Crippen molar-refractivity contribution in [3.8, 4) is 57.1 Å². The van der Waals surface area contributed by atoms with Crippen molar-refractivity contribution >= 4 is 35.2 Å². The fraction of sp³-hybridized carbons (Fsp3) is 0.0769. The summed E-state index contributed by atoms with van der Waals surface area (Å²) < 4.78 is 16.6. The van der Waals surface area contributed by atoms with Crippen molar-refractivity contribution < 1.29 is 28.0 Å². The van der Waals surface area contributed by atoms with Crippen LogP contribution < -0.4 is 16.0 Å². The molecule has 3 heterocycles. The lowest BCUT2D eigenvalue weighted by Gasteiger charge is -2.10. The van der Waals surface area contributed by atoms with Gasteiger partial charge in [0, 0.05) is 50.1 Å². The summed E-state index contributed by atoms with van der Waals surface area (Å²) >= 11 is 0.